The van der Waals surface area contributed by atoms with Gasteiger partial charge in [-0.05, 0) is 35.9 Å². The highest BCUT2D eigenvalue weighted by atomic mass is 19.1. The zero-order valence-electron chi connectivity index (χ0n) is 9.11. The summed E-state index contributed by atoms with van der Waals surface area (Å²) in [7, 11) is 0. The predicted octanol–water partition coefficient (Wildman–Crippen LogP) is 2.56. The van der Waals surface area contributed by atoms with E-state index in [1.807, 2.05) is 0 Å². The molecule has 17 heavy (non-hydrogen) atoms. The number of benzene rings is 2. The number of hydrogen-bond acceptors (Lipinski definition) is 1. The Morgan fingerprint density at radius 1 is 1.24 bits per heavy atom. The molecule has 0 aliphatic rings. The summed E-state index contributed by atoms with van der Waals surface area (Å²) in [6, 6.07) is 15.7. The molecular formula is C14H11FNO. The van der Waals surface area contributed by atoms with E-state index in [0.29, 0.717) is 12.1 Å². The summed E-state index contributed by atoms with van der Waals surface area (Å²) < 4.78 is 12.7. The number of halogens is 1. The Hall–Kier alpha value is -2.16. The second-order valence-electron chi connectivity index (χ2n) is 3.60. The molecule has 0 aliphatic heterocycles. The summed E-state index contributed by atoms with van der Waals surface area (Å²) in [4.78, 5) is 11.7. The summed E-state index contributed by atoms with van der Waals surface area (Å²) in [6.07, 6.45) is 0. The Bertz CT molecular complexity index is 493. The monoisotopic (exact) mass is 228 g/mol. The lowest BCUT2D eigenvalue weighted by Gasteiger charge is -2.05. The Morgan fingerprint density at radius 3 is 2.65 bits per heavy atom. The topological polar surface area (TPSA) is 29.1 Å². The van der Waals surface area contributed by atoms with Crippen LogP contribution in [0.5, 0.6) is 0 Å². The number of amides is 1. The molecule has 3 heteroatoms. The van der Waals surface area contributed by atoms with Crippen LogP contribution in [0.3, 0.4) is 0 Å². The van der Waals surface area contributed by atoms with Crippen molar-refractivity contribution in [3.63, 3.8) is 0 Å². The van der Waals surface area contributed by atoms with E-state index in [2.05, 4.69) is 11.4 Å². The van der Waals surface area contributed by atoms with Gasteiger partial charge >= 0.3 is 0 Å². The second kappa shape index (κ2) is 5.25. The number of carbonyl (C=O) groups excluding carboxylic acids is 1. The highest BCUT2D eigenvalue weighted by molar-refractivity contribution is 5.93. The van der Waals surface area contributed by atoms with E-state index in [-0.39, 0.29) is 11.7 Å². The minimum atomic E-state index is -0.280. The summed E-state index contributed by atoms with van der Waals surface area (Å²) >= 11 is 0. The lowest BCUT2D eigenvalue weighted by atomic mass is 10.2. The molecule has 2 aromatic rings. The Morgan fingerprint density at radius 2 is 2.00 bits per heavy atom. The van der Waals surface area contributed by atoms with Gasteiger partial charge in [0.15, 0.2) is 0 Å². The third-order valence-electron chi connectivity index (χ3n) is 2.34. The van der Waals surface area contributed by atoms with Gasteiger partial charge in [-0.1, -0.05) is 24.3 Å². The van der Waals surface area contributed by atoms with Crippen molar-refractivity contribution in [1.29, 1.82) is 0 Å². The maximum Gasteiger partial charge on any atom is 0.251 e. The first-order valence-electron chi connectivity index (χ1n) is 5.24. The van der Waals surface area contributed by atoms with Crippen LogP contribution in [0.2, 0.25) is 0 Å². The zero-order chi connectivity index (χ0) is 12.1. The molecule has 2 aromatic carbocycles. The van der Waals surface area contributed by atoms with Crippen molar-refractivity contribution in [2.75, 3.05) is 0 Å². The van der Waals surface area contributed by atoms with Gasteiger partial charge in [0.2, 0.25) is 0 Å². The Kier molecular flexibility index (Phi) is 3.50. The molecule has 1 radical (unpaired) electrons. The van der Waals surface area contributed by atoms with Gasteiger partial charge in [-0.25, -0.2) is 4.39 Å². The van der Waals surface area contributed by atoms with Crippen molar-refractivity contribution in [3.05, 3.63) is 71.5 Å². The zero-order valence-corrected chi connectivity index (χ0v) is 9.11. The number of nitrogens with one attached hydrogen (secondary N) is 1. The molecule has 2 nitrogen and oxygen atoms in total. The van der Waals surface area contributed by atoms with Gasteiger partial charge in [0, 0.05) is 12.1 Å². The molecule has 0 spiro atoms. The average molecular weight is 228 g/mol. The fourth-order valence-corrected chi connectivity index (χ4v) is 1.42. The molecule has 0 aromatic heterocycles. The smallest absolute Gasteiger partial charge is 0.251 e. The van der Waals surface area contributed by atoms with Crippen LogP contribution in [0.25, 0.3) is 0 Å². The third-order valence-corrected chi connectivity index (χ3v) is 2.34. The first kappa shape index (κ1) is 11.3. The number of hydrogen-bond donors (Lipinski definition) is 1. The molecule has 0 fully saturated rings. The minimum Gasteiger partial charge on any atom is -0.348 e. The van der Waals surface area contributed by atoms with Crippen molar-refractivity contribution in [1.82, 2.24) is 5.32 Å². The van der Waals surface area contributed by atoms with Crippen LogP contribution in [-0.2, 0) is 6.54 Å². The predicted molar refractivity (Wildman–Crippen MR) is 62.8 cm³/mol. The number of carbonyl (C=O) groups is 1. The van der Waals surface area contributed by atoms with Crippen LogP contribution in [0.15, 0.2) is 48.5 Å². The van der Waals surface area contributed by atoms with Gasteiger partial charge in [0.05, 0.1) is 0 Å². The molecule has 1 N–H and O–H groups in total. The van der Waals surface area contributed by atoms with Gasteiger partial charge in [-0.3, -0.25) is 4.79 Å². The van der Waals surface area contributed by atoms with Crippen LogP contribution < -0.4 is 5.32 Å². The van der Waals surface area contributed by atoms with E-state index < -0.39 is 0 Å². The van der Waals surface area contributed by atoms with E-state index in [9.17, 15) is 9.18 Å². The molecule has 0 heterocycles. The highest BCUT2D eigenvalue weighted by Gasteiger charge is 2.03. The molecule has 0 atom stereocenters. The Labute approximate surface area is 99.1 Å². The Balaban J connectivity index is 1.95. The molecule has 0 saturated carbocycles. The standard InChI is InChI=1S/C14H11FNO/c15-13-8-6-11(7-9-13)10-16-14(17)12-4-2-1-3-5-12/h1-2,4-9H,10H2,(H,16,17). The quantitative estimate of drug-likeness (QED) is 0.859. The van der Waals surface area contributed by atoms with E-state index in [0.717, 1.165) is 5.56 Å². The molecule has 1 amide bonds. The molecule has 85 valence electrons. The average Bonchev–Trinajstić information content (AvgIpc) is 2.39. The van der Waals surface area contributed by atoms with E-state index in [1.165, 1.54) is 12.1 Å². The molecule has 0 aliphatic carbocycles. The fraction of sp³-hybridized carbons (Fsp3) is 0.0714. The molecule has 0 bridgehead atoms. The maximum atomic E-state index is 12.7. The van der Waals surface area contributed by atoms with Crippen LogP contribution in [-0.4, -0.2) is 5.91 Å². The van der Waals surface area contributed by atoms with Crippen LogP contribution in [0, 0.1) is 11.9 Å². The van der Waals surface area contributed by atoms with Crippen LogP contribution in [0.1, 0.15) is 15.9 Å². The van der Waals surface area contributed by atoms with Gasteiger partial charge in [0.25, 0.3) is 5.91 Å². The molecular weight excluding hydrogens is 217 g/mol. The van der Waals surface area contributed by atoms with Gasteiger partial charge < -0.3 is 5.32 Å². The summed E-state index contributed by atoms with van der Waals surface area (Å²) in [5.41, 5.74) is 1.43. The maximum absolute atomic E-state index is 12.7. The SMILES string of the molecule is O=C(NCc1ccc(F)cc1)c1c[c]ccc1. The van der Waals surface area contributed by atoms with E-state index >= 15 is 0 Å². The normalized spacial score (nSPS) is 9.94. The summed E-state index contributed by atoms with van der Waals surface area (Å²) in [5.74, 6) is -0.441. The van der Waals surface area contributed by atoms with Crippen molar-refractivity contribution >= 4 is 5.91 Å². The van der Waals surface area contributed by atoms with Crippen molar-refractivity contribution in [2.24, 2.45) is 0 Å². The van der Waals surface area contributed by atoms with Crippen molar-refractivity contribution in [3.8, 4) is 0 Å². The second-order valence-corrected chi connectivity index (χ2v) is 3.60. The number of rotatable bonds is 3. The van der Waals surface area contributed by atoms with Gasteiger partial charge in [-0.15, -0.1) is 0 Å². The lowest BCUT2D eigenvalue weighted by molar-refractivity contribution is 0.0951. The van der Waals surface area contributed by atoms with Gasteiger partial charge in [0.1, 0.15) is 5.82 Å². The fourth-order valence-electron chi connectivity index (χ4n) is 1.42. The molecule has 2 rings (SSSR count). The highest BCUT2D eigenvalue weighted by Crippen LogP contribution is 2.03. The van der Waals surface area contributed by atoms with E-state index in [4.69, 9.17) is 0 Å². The van der Waals surface area contributed by atoms with Gasteiger partial charge in [-0.2, -0.15) is 0 Å². The third kappa shape index (κ3) is 3.14. The van der Waals surface area contributed by atoms with Crippen LogP contribution in [0.4, 0.5) is 4.39 Å². The van der Waals surface area contributed by atoms with Crippen molar-refractivity contribution < 1.29 is 9.18 Å². The van der Waals surface area contributed by atoms with Crippen molar-refractivity contribution in [2.45, 2.75) is 6.54 Å². The first-order valence-corrected chi connectivity index (χ1v) is 5.24. The largest absolute Gasteiger partial charge is 0.348 e. The molecule has 0 saturated heterocycles. The minimum absolute atomic E-state index is 0.161. The van der Waals surface area contributed by atoms with E-state index in [1.54, 1.807) is 36.4 Å². The summed E-state index contributed by atoms with van der Waals surface area (Å²) in [5, 5.41) is 2.75. The molecule has 0 unspecified atom stereocenters. The first-order chi connectivity index (χ1) is 8.25. The summed E-state index contributed by atoms with van der Waals surface area (Å²) in [6.45, 7) is 0.383. The van der Waals surface area contributed by atoms with Crippen LogP contribution >= 0.6 is 0 Å². The lowest BCUT2D eigenvalue weighted by Crippen LogP contribution is -2.22.